The van der Waals surface area contributed by atoms with Gasteiger partial charge in [0.15, 0.2) is 0 Å². The zero-order valence-corrected chi connectivity index (χ0v) is 22.6. The fourth-order valence-corrected chi connectivity index (χ4v) is 5.99. The molecule has 176 valence electrons. The number of halogens is 2. The number of ether oxygens (including phenoxy) is 2. The predicted octanol–water partition coefficient (Wildman–Crippen LogP) is 8.05. The van der Waals surface area contributed by atoms with Gasteiger partial charge in [-0.3, -0.25) is 0 Å². The lowest BCUT2D eigenvalue weighted by molar-refractivity contribution is 0.0789. The van der Waals surface area contributed by atoms with E-state index in [-0.39, 0.29) is 15.3 Å². The monoisotopic (exact) mass is 541 g/mol. The summed E-state index contributed by atoms with van der Waals surface area (Å²) in [5, 5.41) is 0. The lowest BCUT2D eigenvalue weighted by Crippen LogP contribution is -2.36. The maximum absolute atomic E-state index is 15.0. The Morgan fingerprint density at radius 3 is 2.50 bits per heavy atom. The van der Waals surface area contributed by atoms with Crippen molar-refractivity contribution in [1.29, 1.82) is 0 Å². The normalized spacial score (nSPS) is 19.7. The minimum atomic E-state index is -0.0520. The Kier molecular flexibility index (Phi) is 9.36. The first-order valence-electron chi connectivity index (χ1n) is 11.0. The zero-order chi connectivity index (χ0) is 23.2. The van der Waals surface area contributed by atoms with Crippen LogP contribution in [0.3, 0.4) is 0 Å². The highest BCUT2D eigenvalue weighted by Crippen LogP contribution is 2.43. The molecule has 1 aromatic rings. The Labute approximate surface area is 209 Å². The van der Waals surface area contributed by atoms with Crippen LogP contribution in [0.5, 0.6) is 5.75 Å². The first kappa shape index (κ1) is 25.9. The second kappa shape index (κ2) is 11.6. The molecule has 32 heavy (non-hydrogen) atoms. The van der Waals surface area contributed by atoms with Gasteiger partial charge in [-0.2, -0.15) is 0 Å². The molecule has 0 bridgehead atoms. The fraction of sp³-hybridized carbons (Fsp3) is 0.560. The molecule has 3 rings (SSSR count). The van der Waals surface area contributed by atoms with Crippen LogP contribution in [0.15, 0.2) is 50.6 Å². The van der Waals surface area contributed by atoms with Crippen molar-refractivity contribution in [2.45, 2.75) is 68.1 Å². The van der Waals surface area contributed by atoms with Gasteiger partial charge in [-0.15, -0.1) is 11.8 Å². The predicted molar refractivity (Wildman–Crippen MR) is 141 cm³/mol. The number of hydrogen-bond acceptors (Lipinski definition) is 5. The summed E-state index contributed by atoms with van der Waals surface area (Å²) in [6, 6.07) is 8.24. The molecule has 0 unspecified atom stereocenters. The van der Waals surface area contributed by atoms with Crippen LogP contribution in [0.25, 0.3) is 0 Å². The maximum atomic E-state index is 15.0. The van der Waals surface area contributed by atoms with Crippen LogP contribution in [0.1, 0.15) is 58.4 Å². The molecule has 0 saturated carbocycles. The average molecular weight is 543 g/mol. The van der Waals surface area contributed by atoms with Gasteiger partial charge in [0, 0.05) is 46.9 Å². The molecule has 0 amide bonds. The van der Waals surface area contributed by atoms with Gasteiger partial charge in [0.1, 0.15) is 11.6 Å². The number of nitrogens with zero attached hydrogens (tertiary/aromatic N) is 1. The highest BCUT2D eigenvalue weighted by Gasteiger charge is 2.36. The van der Waals surface area contributed by atoms with E-state index < -0.39 is 0 Å². The van der Waals surface area contributed by atoms with Crippen molar-refractivity contribution in [2.24, 2.45) is 4.40 Å². The molecule has 1 heterocycles. The summed E-state index contributed by atoms with van der Waals surface area (Å²) in [7, 11) is 1.68. The number of hydrogen-bond donors (Lipinski definition) is 0. The van der Waals surface area contributed by atoms with Crippen molar-refractivity contribution >= 4 is 45.4 Å². The van der Waals surface area contributed by atoms with Crippen molar-refractivity contribution < 1.29 is 13.9 Å². The van der Waals surface area contributed by atoms with Gasteiger partial charge in [0.2, 0.25) is 0 Å². The largest absolute Gasteiger partial charge is 0.497 e. The standard InChI is InChI=1S/C25H33BrFNO2S2/c1-24(2,3)32-28-23(21-15-19(26)7-10-22(21)27)16-25(11-13-30-14-12-25)31-17-18-5-8-20(29-4)9-6-18/h5-6,8-9,15H,7,10-14,16-17H2,1-4H3/b28-23-. The van der Waals surface area contributed by atoms with E-state index in [4.69, 9.17) is 13.9 Å². The third kappa shape index (κ3) is 7.64. The molecule has 0 spiro atoms. The third-order valence-electron chi connectivity index (χ3n) is 5.51. The maximum Gasteiger partial charge on any atom is 0.118 e. The molecule has 1 aliphatic heterocycles. The summed E-state index contributed by atoms with van der Waals surface area (Å²) in [4.78, 5) is 0. The van der Waals surface area contributed by atoms with E-state index in [1.165, 1.54) is 17.5 Å². The Balaban J connectivity index is 1.86. The first-order valence-corrected chi connectivity index (χ1v) is 13.6. The lowest BCUT2D eigenvalue weighted by Gasteiger charge is -2.37. The number of benzene rings is 1. The molecule has 1 aliphatic carbocycles. The van der Waals surface area contributed by atoms with Crippen molar-refractivity contribution in [2.75, 3.05) is 20.3 Å². The quantitative estimate of drug-likeness (QED) is 0.246. The number of allylic oxidation sites excluding steroid dienone is 4. The third-order valence-corrected chi connectivity index (χ3v) is 8.64. The number of thioether (sulfide) groups is 1. The van der Waals surface area contributed by atoms with Gasteiger partial charge in [-0.25, -0.2) is 8.79 Å². The fourth-order valence-electron chi connectivity index (χ4n) is 3.66. The Hall–Kier alpha value is -0.760. The van der Waals surface area contributed by atoms with Crippen LogP contribution in [0.4, 0.5) is 4.39 Å². The van der Waals surface area contributed by atoms with Crippen molar-refractivity contribution in [3.05, 3.63) is 51.8 Å². The summed E-state index contributed by atoms with van der Waals surface area (Å²) >= 11 is 7.07. The highest BCUT2D eigenvalue weighted by atomic mass is 79.9. The van der Waals surface area contributed by atoms with Gasteiger partial charge in [-0.1, -0.05) is 28.1 Å². The van der Waals surface area contributed by atoms with E-state index in [9.17, 15) is 4.39 Å². The summed E-state index contributed by atoms with van der Waals surface area (Å²) in [6.07, 6.45) is 5.68. The van der Waals surface area contributed by atoms with Crippen molar-refractivity contribution in [3.63, 3.8) is 0 Å². The van der Waals surface area contributed by atoms with Gasteiger partial charge in [0.25, 0.3) is 0 Å². The topological polar surface area (TPSA) is 30.8 Å². The molecule has 1 saturated heterocycles. The van der Waals surface area contributed by atoms with E-state index >= 15 is 0 Å². The Bertz CT molecular complexity index is 869. The van der Waals surface area contributed by atoms with E-state index in [0.29, 0.717) is 18.4 Å². The summed E-state index contributed by atoms with van der Waals surface area (Å²) in [5.74, 6) is 1.71. The van der Waals surface area contributed by atoms with E-state index in [2.05, 4.69) is 48.8 Å². The molecule has 0 atom stereocenters. The molecule has 0 aromatic heterocycles. The molecule has 0 radical (unpaired) electrons. The van der Waals surface area contributed by atoms with Crippen LogP contribution in [0, 0.1) is 0 Å². The van der Waals surface area contributed by atoms with Gasteiger partial charge >= 0.3 is 0 Å². The first-order chi connectivity index (χ1) is 15.2. The minimum Gasteiger partial charge on any atom is -0.497 e. The molecule has 0 N–H and O–H groups in total. The molecule has 7 heteroatoms. The molecular formula is C25H33BrFNO2S2. The van der Waals surface area contributed by atoms with Crippen LogP contribution in [-0.4, -0.2) is 35.5 Å². The molecular weight excluding hydrogens is 509 g/mol. The van der Waals surface area contributed by atoms with Crippen molar-refractivity contribution in [1.82, 2.24) is 0 Å². The number of methoxy groups -OCH3 is 1. The SMILES string of the molecule is COc1ccc(CSC2(C/C(=N/SC(C)(C)C)C3=C(F)CCC(Br)=C3)CCOCC2)cc1. The molecule has 1 aromatic carbocycles. The van der Waals surface area contributed by atoms with Crippen LogP contribution < -0.4 is 4.74 Å². The average Bonchev–Trinajstić information content (AvgIpc) is 2.77. The van der Waals surface area contributed by atoms with Crippen LogP contribution in [0.2, 0.25) is 0 Å². The molecule has 2 aliphatic rings. The van der Waals surface area contributed by atoms with E-state index in [0.717, 1.165) is 54.2 Å². The summed E-state index contributed by atoms with van der Waals surface area (Å²) in [5.41, 5.74) is 2.79. The number of rotatable bonds is 8. The van der Waals surface area contributed by atoms with Crippen molar-refractivity contribution in [3.8, 4) is 5.75 Å². The van der Waals surface area contributed by atoms with Crippen LogP contribution >= 0.6 is 39.6 Å². The second-order valence-corrected chi connectivity index (χ2v) is 13.3. The van der Waals surface area contributed by atoms with Gasteiger partial charge in [-0.05, 0) is 80.2 Å². The molecule has 1 fully saturated rings. The zero-order valence-electron chi connectivity index (χ0n) is 19.4. The van der Waals surface area contributed by atoms with Gasteiger partial charge < -0.3 is 9.47 Å². The van der Waals surface area contributed by atoms with E-state index in [1.54, 1.807) is 7.11 Å². The van der Waals surface area contributed by atoms with E-state index in [1.807, 2.05) is 30.0 Å². The highest BCUT2D eigenvalue weighted by molar-refractivity contribution is 9.11. The smallest absolute Gasteiger partial charge is 0.118 e. The minimum absolute atomic E-state index is 0.0273. The molecule has 3 nitrogen and oxygen atoms in total. The second-order valence-electron chi connectivity index (χ2n) is 9.26. The Morgan fingerprint density at radius 1 is 1.19 bits per heavy atom. The summed E-state index contributed by atoms with van der Waals surface area (Å²) in [6.45, 7) is 7.88. The lowest BCUT2D eigenvalue weighted by atomic mass is 9.88. The van der Waals surface area contributed by atoms with Gasteiger partial charge in [0.05, 0.1) is 12.8 Å². The summed E-state index contributed by atoms with van der Waals surface area (Å²) < 4.78 is 31.9. The van der Waals surface area contributed by atoms with Crippen LogP contribution in [-0.2, 0) is 10.5 Å². The Morgan fingerprint density at radius 2 is 1.88 bits per heavy atom.